The van der Waals surface area contributed by atoms with E-state index in [1.807, 2.05) is 37.3 Å². The van der Waals surface area contributed by atoms with E-state index in [0.717, 1.165) is 17.3 Å². The number of carbonyl (C=O) groups is 2. The normalized spacial score (nSPS) is 11.6. The molecule has 28 heavy (non-hydrogen) atoms. The van der Waals surface area contributed by atoms with E-state index in [2.05, 4.69) is 25.8 Å². The Bertz CT molecular complexity index is 960. The van der Waals surface area contributed by atoms with E-state index < -0.39 is 0 Å². The van der Waals surface area contributed by atoms with Gasteiger partial charge in [-0.1, -0.05) is 54.2 Å². The van der Waals surface area contributed by atoms with E-state index in [1.165, 1.54) is 0 Å². The van der Waals surface area contributed by atoms with Gasteiger partial charge in [-0.2, -0.15) is 4.98 Å². The highest BCUT2D eigenvalue weighted by atomic mass is 32.2. The topological polar surface area (TPSA) is 126 Å². The van der Waals surface area contributed by atoms with Crippen LogP contribution >= 0.6 is 11.8 Å². The number of carbonyl (C=O) groups excluding carboxylic acids is 2. The minimum atomic E-state index is -0.273. The lowest BCUT2D eigenvalue weighted by Gasteiger charge is -2.16. The Balaban J connectivity index is 1.63. The van der Waals surface area contributed by atoms with Gasteiger partial charge in [-0.15, -0.1) is 5.10 Å². The van der Waals surface area contributed by atoms with E-state index in [0.29, 0.717) is 16.4 Å². The molecule has 0 saturated carbocycles. The maximum Gasteiger partial charge on any atom is 0.253 e. The molecule has 144 valence electrons. The number of hydrogen-bond acceptors (Lipinski definition) is 6. The molecule has 1 aromatic heterocycles. The summed E-state index contributed by atoms with van der Waals surface area (Å²) in [6, 6.07) is 16.4. The number of nitrogen functional groups attached to an aromatic ring is 1. The van der Waals surface area contributed by atoms with Crippen molar-refractivity contribution in [3.05, 3.63) is 65.7 Å². The third kappa shape index (κ3) is 5.10. The van der Waals surface area contributed by atoms with Gasteiger partial charge >= 0.3 is 0 Å². The molecule has 3 aromatic rings. The van der Waals surface area contributed by atoms with Gasteiger partial charge in [0.25, 0.3) is 5.91 Å². The smallest absolute Gasteiger partial charge is 0.253 e. The van der Waals surface area contributed by atoms with Crippen LogP contribution in [0, 0.1) is 0 Å². The Labute approximate surface area is 166 Å². The summed E-state index contributed by atoms with van der Waals surface area (Å²) >= 11 is 1.14. The summed E-state index contributed by atoms with van der Waals surface area (Å²) in [6.45, 7) is 1.91. The monoisotopic (exact) mass is 396 g/mol. The number of amides is 2. The zero-order valence-corrected chi connectivity index (χ0v) is 16.0. The number of rotatable bonds is 7. The lowest BCUT2D eigenvalue weighted by molar-refractivity contribution is -0.113. The zero-order chi connectivity index (χ0) is 19.9. The first-order chi connectivity index (χ1) is 13.5. The van der Waals surface area contributed by atoms with Crippen molar-refractivity contribution in [1.82, 2.24) is 20.5 Å². The van der Waals surface area contributed by atoms with Crippen molar-refractivity contribution >= 4 is 35.2 Å². The van der Waals surface area contributed by atoms with Crippen LogP contribution in [0.15, 0.2) is 59.8 Å². The first kappa shape index (κ1) is 19.4. The van der Waals surface area contributed by atoms with Crippen LogP contribution in [0.1, 0.15) is 28.9 Å². The van der Waals surface area contributed by atoms with Crippen molar-refractivity contribution in [3.8, 4) is 0 Å². The molecule has 8 nitrogen and oxygen atoms in total. The van der Waals surface area contributed by atoms with Gasteiger partial charge < -0.3 is 16.4 Å². The summed E-state index contributed by atoms with van der Waals surface area (Å²) in [5.74, 6) is -0.253. The minimum Gasteiger partial charge on any atom is -0.368 e. The highest BCUT2D eigenvalue weighted by molar-refractivity contribution is 7.99. The SMILES string of the molecule is C[C@H](NC(=O)c1ccccc1NC(=O)CSc1n[nH]c(N)n1)c1ccccc1. The highest BCUT2D eigenvalue weighted by Crippen LogP contribution is 2.19. The number of H-pyrrole nitrogens is 1. The summed E-state index contributed by atoms with van der Waals surface area (Å²) in [5, 5.41) is 12.5. The molecule has 0 spiro atoms. The Morgan fingerprint density at radius 1 is 1.14 bits per heavy atom. The fraction of sp³-hybridized carbons (Fsp3) is 0.158. The van der Waals surface area contributed by atoms with Crippen molar-refractivity contribution in [2.75, 3.05) is 16.8 Å². The van der Waals surface area contributed by atoms with Crippen molar-refractivity contribution < 1.29 is 9.59 Å². The molecule has 2 aromatic carbocycles. The molecule has 2 amide bonds. The van der Waals surface area contributed by atoms with Crippen LogP contribution in [0.5, 0.6) is 0 Å². The fourth-order valence-corrected chi connectivity index (χ4v) is 3.13. The van der Waals surface area contributed by atoms with Gasteiger partial charge in [-0.05, 0) is 24.6 Å². The van der Waals surface area contributed by atoms with Crippen LogP contribution in [0.4, 0.5) is 11.6 Å². The lowest BCUT2D eigenvalue weighted by Crippen LogP contribution is -2.28. The number of hydrogen-bond donors (Lipinski definition) is 4. The number of benzene rings is 2. The lowest BCUT2D eigenvalue weighted by atomic mass is 10.1. The second-order valence-corrected chi connectivity index (χ2v) is 6.93. The second kappa shape index (κ2) is 9.05. The zero-order valence-electron chi connectivity index (χ0n) is 15.2. The fourth-order valence-electron chi connectivity index (χ4n) is 2.53. The molecule has 1 atom stereocenters. The molecule has 1 heterocycles. The number of nitrogens with one attached hydrogen (secondary N) is 3. The highest BCUT2D eigenvalue weighted by Gasteiger charge is 2.16. The van der Waals surface area contributed by atoms with E-state index in [-0.39, 0.29) is 29.6 Å². The third-order valence-corrected chi connectivity index (χ3v) is 4.75. The summed E-state index contributed by atoms with van der Waals surface area (Å²) < 4.78 is 0. The predicted octanol–water partition coefficient (Wildman–Crippen LogP) is 2.61. The number of aromatic nitrogens is 3. The number of nitrogens with zero attached hydrogens (tertiary/aromatic N) is 2. The Morgan fingerprint density at radius 3 is 2.57 bits per heavy atom. The van der Waals surface area contributed by atoms with Crippen molar-refractivity contribution in [2.45, 2.75) is 18.1 Å². The number of nitrogens with two attached hydrogens (primary N) is 1. The van der Waals surface area contributed by atoms with Gasteiger partial charge in [0.1, 0.15) is 0 Å². The second-order valence-electron chi connectivity index (χ2n) is 5.99. The maximum absolute atomic E-state index is 12.7. The molecule has 5 N–H and O–H groups in total. The van der Waals surface area contributed by atoms with Crippen molar-refractivity contribution in [2.24, 2.45) is 0 Å². The minimum absolute atomic E-state index is 0.0909. The molecular weight excluding hydrogens is 376 g/mol. The average molecular weight is 396 g/mol. The largest absolute Gasteiger partial charge is 0.368 e. The van der Waals surface area contributed by atoms with E-state index in [4.69, 9.17) is 5.73 Å². The van der Waals surface area contributed by atoms with Crippen LogP contribution in [0.3, 0.4) is 0 Å². The van der Waals surface area contributed by atoms with Crippen LogP contribution in [-0.2, 0) is 4.79 Å². The quantitative estimate of drug-likeness (QED) is 0.455. The van der Waals surface area contributed by atoms with Gasteiger partial charge in [-0.3, -0.25) is 9.59 Å². The predicted molar refractivity (Wildman–Crippen MR) is 109 cm³/mol. The summed E-state index contributed by atoms with van der Waals surface area (Å²) in [5.41, 5.74) is 7.29. The number of aromatic amines is 1. The van der Waals surface area contributed by atoms with E-state index in [1.54, 1.807) is 24.3 Å². The van der Waals surface area contributed by atoms with Crippen LogP contribution in [0.25, 0.3) is 0 Å². The van der Waals surface area contributed by atoms with E-state index in [9.17, 15) is 9.59 Å². The molecule has 0 fully saturated rings. The molecule has 0 bridgehead atoms. The number of anilines is 2. The molecule has 0 aliphatic rings. The van der Waals surface area contributed by atoms with Gasteiger partial charge in [0.05, 0.1) is 23.0 Å². The average Bonchev–Trinajstić information content (AvgIpc) is 3.12. The third-order valence-electron chi connectivity index (χ3n) is 3.91. The summed E-state index contributed by atoms with van der Waals surface area (Å²) in [7, 11) is 0. The summed E-state index contributed by atoms with van der Waals surface area (Å²) in [6.07, 6.45) is 0. The number of thioether (sulfide) groups is 1. The van der Waals surface area contributed by atoms with Gasteiger partial charge in [0, 0.05) is 0 Å². The van der Waals surface area contributed by atoms with Gasteiger partial charge in [-0.25, -0.2) is 5.10 Å². The maximum atomic E-state index is 12.7. The summed E-state index contributed by atoms with van der Waals surface area (Å²) in [4.78, 5) is 28.9. The molecule has 3 rings (SSSR count). The standard InChI is InChI=1S/C19H20N6O2S/c1-12(13-7-3-2-4-8-13)21-17(27)14-9-5-6-10-15(14)22-16(26)11-28-19-23-18(20)24-25-19/h2-10,12H,11H2,1H3,(H,21,27)(H,22,26)(H3,20,23,24,25)/t12-/m0/s1. The first-order valence-corrected chi connectivity index (χ1v) is 9.57. The van der Waals surface area contributed by atoms with Crippen LogP contribution in [-0.4, -0.2) is 32.7 Å². The van der Waals surface area contributed by atoms with Crippen molar-refractivity contribution in [3.63, 3.8) is 0 Å². The molecule has 0 aliphatic heterocycles. The molecule has 0 unspecified atom stereocenters. The molecule has 9 heteroatoms. The molecular formula is C19H20N6O2S. The Hall–Kier alpha value is -3.33. The van der Waals surface area contributed by atoms with Crippen molar-refractivity contribution in [1.29, 1.82) is 0 Å². The van der Waals surface area contributed by atoms with Crippen LogP contribution in [0.2, 0.25) is 0 Å². The molecule has 0 saturated heterocycles. The molecule has 0 radical (unpaired) electrons. The molecule has 0 aliphatic carbocycles. The Kier molecular flexibility index (Phi) is 6.28. The number of para-hydroxylation sites is 1. The van der Waals surface area contributed by atoms with E-state index >= 15 is 0 Å². The van der Waals surface area contributed by atoms with Gasteiger partial charge in [0.2, 0.25) is 17.0 Å². The Morgan fingerprint density at radius 2 is 1.86 bits per heavy atom. The van der Waals surface area contributed by atoms with Gasteiger partial charge in [0.15, 0.2) is 0 Å². The first-order valence-electron chi connectivity index (χ1n) is 8.58. The van der Waals surface area contributed by atoms with Crippen LogP contribution < -0.4 is 16.4 Å².